The molecule has 0 fully saturated rings. The SMILES string of the molecule is C/C=C\Cc1cc(OC)c(OC)cc1[N+](=O)[O-]. The van der Waals surface area contributed by atoms with Crippen LogP contribution in [0.2, 0.25) is 0 Å². The zero-order chi connectivity index (χ0) is 12.8. The molecule has 5 heteroatoms. The van der Waals surface area contributed by atoms with Crippen LogP contribution < -0.4 is 9.47 Å². The topological polar surface area (TPSA) is 61.6 Å². The summed E-state index contributed by atoms with van der Waals surface area (Å²) in [4.78, 5) is 10.5. The molecule has 1 aromatic carbocycles. The second-order valence-electron chi connectivity index (χ2n) is 3.37. The first-order chi connectivity index (χ1) is 8.13. The van der Waals surface area contributed by atoms with E-state index in [0.29, 0.717) is 23.5 Å². The maximum atomic E-state index is 10.9. The summed E-state index contributed by atoms with van der Waals surface area (Å²) in [5.41, 5.74) is 0.645. The molecule has 5 nitrogen and oxygen atoms in total. The van der Waals surface area contributed by atoms with Crippen LogP contribution in [0.1, 0.15) is 12.5 Å². The Kier molecular flexibility index (Phi) is 4.51. The van der Waals surface area contributed by atoms with E-state index in [0.717, 1.165) is 0 Å². The molecule has 0 aliphatic heterocycles. The van der Waals surface area contributed by atoms with Gasteiger partial charge in [0.25, 0.3) is 5.69 Å². The summed E-state index contributed by atoms with van der Waals surface area (Å²) in [5, 5.41) is 10.9. The fourth-order valence-corrected chi connectivity index (χ4v) is 1.49. The Bertz CT molecular complexity index is 440. The van der Waals surface area contributed by atoms with Crippen LogP contribution >= 0.6 is 0 Å². The average Bonchev–Trinajstić information content (AvgIpc) is 2.34. The van der Waals surface area contributed by atoms with E-state index in [9.17, 15) is 10.1 Å². The van der Waals surface area contributed by atoms with Crippen molar-refractivity contribution < 1.29 is 14.4 Å². The number of methoxy groups -OCH3 is 2. The molecule has 1 aromatic rings. The number of nitro groups is 1. The van der Waals surface area contributed by atoms with Crippen molar-refractivity contribution in [1.82, 2.24) is 0 Å². The van der Waals surface area contributed by atoms with Crippen LogP contribution in [-0.4, -0.2) is 19.1 Å². The molecule has 0 heterocycles. The van der Waals surface area contributed by atoms with Gasteiger partial charge in [-0.1, -0.05) is 12.2 Å². The number of allylic oxidation sites excluding steroid dienone is 2. The van der Waals surface area contributed by atoms with E-state index in [1.807, 2.05) is 19.1 Å². The minimum absolute atomic E-state index is 0.0424. The number of nitrogens with zero attached hydrogens (tertiary/aromatic N) is 1. The molecule has 0 saturated carbocycles. The van der Waals surface area contributed by atoms with Crippen molar-refractivity contribution in [1.29, 1.82) is 0 Å². The monoisotopic (exact) mass is 237 g/mol. The molecular weight excluding hydrogens is 222 g/mol. The molecule has 0 atom stereocenters. The van der Waals surface area contributed by atoms with Crippen molar-refractivity contribution in [2.24, 2.45) is 0 Å². The molecule has 17 heavy (non-hydrogen) atoms. The molecule has 1 rings (SSSR count). The quantitative estimate of drug-likeness (QED) is 0.448. The predicted octanol–water partition coefficient (Wildman–Crippen LogP) is 2.73. The van der Waals surface area contributed by atoms with Crippen LogP contribution in [0.4, 0.5) is 5.69 Å². The molecule has 0 spiro atoms. The van der Waals surface area contributed by atoms with Gasteiger partial charge < -0.3 is 9.47 Å². The summed E-state index contributed by atoms with van der Waals surface area (Å²) in [6, 6.07) is 3.02. The van der Waals surface area contributed by atoms with Crippen molar-refractivity contribution in [3.63, 3.8) is 0 Å². The lowest BCUT2D eigenvalue weighted by molar-refractivity contribution is -0.385. The van der Waals surface area contributed by atoms with Crippen LogP contribution in [-0.2, 0) is 6.42 Å². The van der Waals surface area contributed by atoms with E-state index < -0.39 is 4.92 Å². The summed E-state index contributed by atoms with van der Waals surface area (Å²) in [6.07, 6.45) is 4.20. The molecule has 0 amide bonds. The van der Waals surface area contributed by atoms with Crippen LogP contribution in [0, 0.1) is 10.1 Å². The van der Waals surface area contributed by atoms with Gasteiger partial charge in [-0.3, -0.25) is 10.1 Å². The van der Waals surface area contributed by atoms with Gasteiger partial charge in [-0.05, 0) is 19.4 Å². The summed E-state index contributed by atoms with van der Waals surface area (Å²) in [7, 11) is 2.95. The Morgan fingerprint density at radius 2 is 1.88 bits per heavy atom. The number of benzene rings is 1. The molecule has 0 bridgehead atoms. The van der Waals surface area contributed by atoms with Crippen LogP contribution in [0.15, 0.2) is 24.3 Å². The van der Waals surface area contributed by atoms with Crippen molar-refractivity contribution >= 4 is 5.69 Å². The first-order valence-electron chi connectivity index (χ1n) is 5.14. The zero-order valence-electron chi connectivity index (χ0n) is 10.1. The third kappa shape index (κ3) is 2.96. The lowest BCUT2D eigenvalue weighted by atomic mass is 10.1. The molecule has 0 unspecified atom stereocenters. The van der Waals surface area contributed by atoms with Gasteiger partial charge in [-0.2, -0.15) is 0 Å². The van der Waals surface area contributed by atoms with Gasteiger partial charge in [0.2, 0.25) is 0 Å². The fraction of sp³-hybridized carbons (Fsp3) is 0.333. The van der Waals surface area contributed by atoms with E-state index in [1.54, 1.807) is 6.07 Å². The summed E-state index contributed by atoms with van der Waals surface area (Å²) in [5.74, 6) is 0.862. The maximum absolute atomic E-state index is 10.9. The van der Waals surface area contributed by atoms with Gasteiger partial charge in [0.1, 0.15) is 0 Å². The minimum Gasteiger partial charge on any atom is -0.493 e. The Morgan fingerprint density at radius 1 is 1.29 bits per heavy atom. The number of hydrogen-bond donors (Lipinski definition) is 0. The van der Waals surface area contributed by atoms with Crippen LogP contribution in [0.3, 0.4) is 0 Å². The van der Waals surface area contributed by atoms with Gasteiger partial charge in [0, 0.05) is 5.56 Å². The molecular formula is C12H15NO4. The van der Waals surface area contributed by atoms with Gasteiger partial charge in [-0.15, -0.1) is 0 Å². The Labute approximate surface area is 99.8 Å². The van der Waals surface area contributed by atoms with E-state index in [2.05, 4.69) is 0 Å². The van der Waals surface area contributed by atoms with Crippen LogP contribution in [0.25, 0.3) is 0 Å². The highest BCUT2D eigenvalue weighted by molar-refractivity contribution is 5.54. The van der Waals surface area contributed by atoms with Gasteiger partial charge >= 0.3 is 0 Å². The van der Waals surface area contributed by atoms with Gasteiger partial charge in [-0.25, -0.2) is 0 Å². The zero-order valence-corrected chi connectivity index (χ0v) is 10.1. The smallest absolute Gasteiger partial charge is 0.276 e. The summed E-state index contributed by atoms with van der Waals surface area (Å²) < 4.78 is 10.2. The third-order valence-electron chi connectivity index (χ3n) is 2.35. The Hall–Kier alpha value is -2.04. The molecule has 0 aliphatic carbocycles. The second-order valence-corrected chi connectivity index (χ2v) is 3.37. The van der Waals surface area contributed by atoms with E-state index in [1.165, 1.54) is 20.3 Å². The molecule has 92 valence electrons. The largest absolute Gasteiger partial charge is 0.493 e. The number of hydrogen-bond acceptors (Lipinski definition) is 4. The van der Waals surface area contributed by atoms with Crippen molar-refractivity contribution in [2.75, 3.05) is 14.2 Å². The highest BCUT2D eigenvalue weighted by Gasteiger charge is 2.18. The van der Waals surface area contributed by atoms with Crippen LogP contribution in [0.5, 0.6) is 11.5 Å². The molecule has 0 saturated heterocycles. The minimum atomic E-state index is -0.416. The van der Waals surface area contributed by atoms with Gasteiger partial charge in [0.05, 0.1) is 25.2 Å². The first kappa shape index (κ1) is 13.0. The maximum Gasteiger partial charge on any atom is 0.276 e. The normalized spacial score (nSPS) is 10.5. The highest BCUT2D eigenvalue weighted by Crippen LogP contribution is 2.34. The van der Waals surface area contributed by atoms with E-state index in [4.69, 9.17) is 9.47 Å². The Balaban J connectivity index is 3.29. The molecule has 0 aliphatic rings. The predicted molar refractivity (Wildman–Crippen MR) is 64.7 cm³/mol. The van der Waals surface area contributed by atoms with E-state index in [-0.39, 0.29) is 5.69 Å². The number of rotatable bonds is 5. The lowest BCUT2D eigenvalue weighted by Crippen LogP contribution is -1.98. The fourth-order valence-electron chi connectivity index (χ4n) is 1.49. The third-order valence-corrected chi connectivity index (χ3v) is 2.35. The molecule has 0 aromatic heterocycles. The highest BCUT2D eigenvalue weighted by atomic mass is 16.6. The van der Waals surface area contributed by atoms with E-state index >= 15 is 0 Å². The van der Waals surface area contributed by atoms with Crippen molar-refractivity contribution in [3.8, 4) is 11.5 Å². The van der Waals surface area contributed by atoms with Gasteiger partial charge in [0.15, 0.2) is 11.5 Å². The first-order valence-corrected chi connectivity index (χ1v) is 5.14. The summed E-state index contributed by atoms with van der Waals surface area (Å²) in [6.45, 7) is 1.87. The molecule has 0 radical (unpaired) electrons. The van der Waals surface area contributed by atoms with Crippen molar-refractivity contribution in [3.05, 3.63) is 40.0 Å². The summed E-state index contributed by atoms with van der Waals surface area (Å²) >= 11 is 0. The van der Waals surface area contributed by atoms with Crippen molar-refractivity contribution in [2.45, 2.75) is 13.3 Å². The number of ether oxygens (including phenoxy) is 2. The second kappa shape index (κ2) is 5.89. The number of nitro benzene ring substituents is 1. The average molecular weight is 237 g/mol. The molecule has 0 N–H and O–H groups in total. The Morgan fingerprint density at radius 3 is 2.35 bits per heavy atom. The standard InChI is InChI=1S/C12H15NO4/c1-4-5-6-9-7-11(16-2)12(17-3)8-10(9)13(14)15/h4-5,7-8H,6H2,1-3H3/b5-4-. The lowest BCUT2D eigenvalue weighted by Gasteiger charge is -2.09.